The molecule has 0 aliphatic rings. The van der Waals surface area contributed by atoms with Crippen LogP contribution in [-0.4, -0.2) is 18.0 Å². The van der Waals surface area contributed by atoms with E-state index in [2.05, 4.69) is 15.6 Å². The highest BCUT2D eigenvalue weighted by atomic mass is 19.1. The number of benzene rings is 2. The van der Waals surface area contributed by atoms with Crippen LogP contribution in [0, 0.1) is 5.82 Å². The number of anilines is 2. The molecule has 0 radical (unpaired) electrons. The number of rotatable bonds is 6. The second kappa shape index (κ2) is 8.11. The Kier molecular flexibility index (Phi) is 5.43. The summed E-state index contributed by atoms with van der Waals surface area (Å²) >= 11 is 0. The summed E-state index contributed by atoms with van der Waals surface area (Å²) in [6.07, 6.45) is 1.55. The van der Waals surface area contributed by atoms with Crippen molar-refractivity contribution in [3.63, 3.8) is 0 Å². The molecule has 3 aromatic rings. The third kappa shape index (κ3) is 4.36. The Morgan fingerprint density at radius 2 is 1.85 bits per heavy atom. The van der Waals surface area contributed by atoms with E-state index in [0.717, 1.165) is 17.1 Å². The number of nitrogens with one attached hydrogen (secondary N) is 2. The molecule has 2 aromatic carbocycles. The molecule has 3 rings (SSSR count). The summed E-state index contributed by atoms with van der Waals surface area (Å²) in [5.41, 5.74) is 2.25. The minimum absolute atomic E-state index is 0.101. The summed E-state index contributed by atoms with van der Waals surface area (Å²) in [6.45, 7) is 0.101. The van der Waals surface area contributed by atoms with E-state index >= 15 is 0 Å². The van der Waals surface area contributed by atoms with Crippen molar-refractivity contribution in [1.82, 2.24) is 10.3 Å². The lowest BCUT2D eigenvalue weighted by Crippen LogP contribution is -2.24. The molecule has 0 spiro atoms. The molecule has 0 saturated carbocycles. The highest BCUT2D eigenvalue weighted by Gasteiger charge is 2.09. The maximum Gasteiger partial charge on any atom is 0.270 e. The van der Waals surface area contributed by atoms with Gasteiger partial charge in [-0.2, -0.15) is 0 Å². The lowest BCUT2D eigenvalue weighted by atomic mass is 10.2. The number of methoxy groups -OCH3 is 1. The highest BCUT2D eigenvalue weighted by Crippen LogP contribution is 2.20. The van der Waals surface area contributed by atoms with Crippen LogP contribution < -0.4 is 15.4 Å². The van der Waals surface area contributed by atoms with Crippen molar-refractivity contribution in [2.75, 3.05) is 12.4 Å². The molecule has 1 aromatic heterocycles. The Hall–Kier alpha value is -3.41. The second-order valence-corrected chi connectivity index (χ2v) is 5.56. The number of aromatic nitrogens is 1. The number of pyridine rings is 1. The normalized spacial score (nSPS) is 10.2. The van der Waals surface area contributed by atoms with E-state index in [4.69, 9.17) is 4.74 Å². The van der Waals surface area contributed by atoms with E-state index in [1.54, 1.807) is 43.6 Å². The number of carbonyl (C=O) groups is 1. The van der Waals surface area contributed by atoms with E-state index in [1.165, 1.54) is 6.07 Å². The third-order valence-corrected chi connectivity index (χ3v) is 3.77. The number of nitrogens with zero attached hydrogens (tertiary/aromatic N) is 1. The minimum Gasteiger partial charge on any atom is -0.497 e. The smallest absolute Gasteiger partial charge is 0.270 e. The Bertz CT molecular complexity index is 898. The molecule has 0 saturated heterocycles. The van der Waals surface area contributed by atoms with Crippen molar-refractivity contribution < 1.29 is 13.9 Å². The summed E-state index contributed by atoms with van der Waals surface area (Å²) in [4.78, 5) is 16.4. The zero-order chi connectivity index (χ0) is 18.4. The van der Waals surface area contributed by atoms with Crippen LogP contribution in [0.4, 0.5) is 15.8 Å². The largest absolute Gasteiger partial charge is 0.497 e. The van der Waals surface area contributed by atoms with Gasteiger partial charge in [0.05, 0.1) is 7.11 Å². The number of carbonyl (C=O) groups excluding carboxylic acids is 1. The fourth-order valence-corrected chi connectivity index (χ4v) is 2.38. The number of hydrogen-bond donors (Lipinski definition) is 2. The van der Waals surface area contributed by atoms with E-state index in [0.29, 0.717) is 5.56 Å². The first-order chi connectivity index (χ1) is 12.7. The van der Waals surface area contributed by atoms with Gasteiger partial charge in [0.1, 0.15) is 17.3 Å². The fraction of sp³-hybridized carbons (Fsp3) is 0.100. The van der Waals surface area contributed by atoms with Gasteiger partial charge in [-0.3, -0.25) is 9.78 Å². The average molecular weight is 351 g/mol. The van der Waals surface area contributed by atoms with E-state index in [9.17, 15) is 9.18 Å². The lowest BCUT2D eigenvalue weighted by Gasteiger charge is -2.09. The summed E-state index contributed by atoms with van der Waals surface area (Å²) in [7, 11) is 1.61. The standard InChI is InChI=1S/C20H18FN3O2/c1-26-17-8-6-15(7-9-17)24-16-10-11-22-19(12-16)20(25)23-13-14-4-2-3-5-18(14)21/h2-12H,13H2,1H3,(H,22,24)(H,23,25). The van der Waals surface area contributed by atoms with Crippen molar-refractivity contribution >= 4 is 17.3 Å². The minimum atomic E-state index is -0.369. The summed E-state index contributed by atoms with van der Waals surface area (Å²) in [5, 5.41) is 5.87. The van der Waals surface area contributed by atoms with Crippen LogP contribution in [0.15, 0.2) is 66.9 Å². The van der Waals surface area contributed by atoms with Gasteiger partial charge in [0.15, 0.2) is 0 Å². The van der Waals surface area contributed by atoms with Gasteiger partial charge < -0.3 is 15.4 Å². The number of ether oxygens (including phenoxy) is 1. The molecule has 1 heterocycles. The molecule has 1 amide bonds. The predicted octanol–water partition coefficient (Wildman–Crippen LogP) is 3.90. The molecular formula is C20H18FN3O2. The summed E-state index contributed by atoms with van der Waals surface area (Å²) < 4.78 is 18.7. The van der Waals surface area contributed by atoms with Gasteiger partial charge in [-0.15, -0.1) is 0 Å². The van der Waals surface area contributed by atoms with Crippen LogP contribution in [0.5, 0.6) is 5.75 Å². The molecule has 5 nitrogen and oxygen atoms in total. The van der Waals surface area contributed by atoms with Gasteiger partial charge in [0.2, 0.25) is 0 Å². The first-order valence-corrected chi connectivity index (χ1v) is 8.04. The molecule has 2 N–H and O–H groups in total. The Balaban J connectivity index is 1.66. The number of amides is 1. The van der Waals surface area contributed by atoms with Crippen molar-refractivity contribution in [2.24, 2.45) is 0 Å². The average Bonchev–Trinajstić information content (AvgIpc) is 2.68. The van der Waals surface area contributed by atoms with Gasteiger partial charge in [-0.25, -0.2) is 4.39 Å². The van der Waals surface area contributed by atoms with Crippen LogP contribution in [-0.2, 0) is 6.54 Å². The first kappa shape index (κ1) is 17.4. The van der Waals surface area contributed by atoms with Crippen molar-refractivity contribution in [3.05, 3.63) is 83.9 Å². The van der Waals surface area contributed by atoms with E-state index < -0.39 is 0 Å². The number of halogens is 1. The van der Waals surface area contributed by atoms with Gasteiger partial charge in [0.25, 0.3) is 5.91 Å². The lowest BCUT2D eigenvalue weighted by molar-refractivity contribution is 0.0945. The molecule has 0 fully saturated rings. The zero-order valence-corrected chi connectivity index (χ0v) is 14.2. The van der Waals surface area contributed by atoms with Crippen LogP contribution in [0.25, 0.3) is 0 Å². The first-order valence-electron chi connectivity index (χ1n) is 8.04. The topological polar surface area (TPSA) is 63.2 Å². The molecular weight excluding hydrogens is 333 g/mol. The molecule has 0 bridgehead atoms. The molecule has 0 aliphatic heterocycles. The Morgan fingerprint density at radius 1 is 1.08 bits per heavy atom. The predicted molar refractivity (Wildman–Crippen MR) is 98.1 cm³/mol. The van der Waals surface area contributed by atoms with Gasteiger partial charge in [-0.05, 0) is 42.5 Å². The number of hydrogen-bond acceptors (Lipinski definition) is 4. The fourth-order valence-electron chi connectivity index (χ4n) is 2.38. The molecule has 6 heteroatoms. The third-order valence-electron chi connectivity index (χ3n) is 3.77. The zero-order valence-electron chi connectivity index (χ0n) is 14.2. The molecule has 0 unspecified atom stereocenters. The highest BCUT2D eigenvalue weighted by molar-refractivity contribution is 5.93. The van der Waals surface area contributed by atoms with Crippen LogP contribution in [0.3, 0.4) is 0 Å². The van der Waals surface area contributed by atoms with Gasteiger partial charge in [-0.1, -0.05) is 18.2 Å². The van der Waals surface area contributed by atoms with Gasteiger partial charge in [0, 0.05) is 29.7 Å². The van der Waals surface area contributed by atoms with E-state index in [-0.39, 0.29) is 24.0 Å². The van der Waals surface area contributed by atoms with Crippen molar-refractivity contribution in [1.29, 1.82) is 0 Å². The van der Waals surface area contributed by atoms with Crippen molar-refractivity contribution in [3.8, 4) is 5.75 Å². The molecule has 26 heavy (non-hydrogen) atoms. The monoisotopic (exact) mass is 351 g/mol. The maximum atomic E-state index is 13.6. The van der Waals surface area contributed by atoms with Gasteiger partial charge >= 0.3 is 0 Å². The quantitative estimate of drug-likeness (QED) is 0.707. The van der Waals surface area contributed by atoms with Crippen LogP contribution in [0.2, 0.25) is 0 Å². The molecule has 132 valence electrons. The molecule has 0 aliphatic carbocycles. The van der Waals surface area contributed by atoms with Crippen LogP contribution in [0.1, 0.15) is 16.1 Å². The SMILES string of the molecule is COc1ccc(Nc2ccnc(C(=O)NCc3ccccc3F)c2)cc1. The van der Waals surface area contributed by atoms with Crippen molar-refractivity contribution in [2.45, 2.75) is 6.54 Å². The summed E-state index contributed by atoms with van der Waals surface area (Å²) in [6, 6.07) is 17.1. The Morgan fingerprint density at radius 3 is 2.58 bits per heavy atom. The Labute approximate surface area is 150 Å². The van der Waals surface area contributed by atoms with E-state index in [1.807, 2.05) is 24.3 Å². The molecule has 0 atom stereocenters. The maximum absolute atomic E-state index is 13.6. The summed E-state index contributed by atoms with van der Waals surface area (Å²) in [5.74, 6) is 0.0424. The van der Waals surface area contributed by atoms with Crippen LogP contribution >= 0.6 is 0 Å². The second-order valence-electron chi connectivity index (χ2n) is 5.56.